The van der Waals surface area contributed by atoms with E-state index in [-0.39, 0.29) is 0 Å². The SMILES string of the molecule is CSc1ncc(-c2ncc(C)[nH]2)cn1. The normalized spacial score (nSPS) is 10.4. The summed E-state index contributed by atoms with van der Waals surface area (Å²) in [5.74, 6) is 0.815. The molecule has 0 aromatic carbocycles. The summed E-state index contributed by atoms with van der Waals surface area (Å²) in [6, 6.07) is 0. The molecule has 0 aliphatic rings. The van der Waals surface area contributed by atoms with Crippen LogP contribution in [-0.2, 0) is 0 Å². The van der Waals surface area contributed by atoms with Crippen molar-refractivity contribution in [2.75, 3.05) is 6.26 Å². The zero-order valence-electron chi connectivity index (χ0n) is 7.98. The van der Waals surface area contributed by atoms with Crippen molar-refractivity contribution < 1.29 is 0 Å². The Morgan fingerprint density at radius 1 is 1.14 bits per heavy atom. The quantitative estimate of drug-likeness (QED) is 0.602. The highest BCUT2D eigenvalue weighted by molar-refractivity contribution is 7.98. The third kappa shape index (κ3) is 1.77. The van der Waals surface area contributed by atoms with E-state index in [1.807, 2.05) is 13.2 Å². The standard InChI is InChI=1S/C9H10N4S/c1-6-3-10-8(13-6)7-4-11-9(14-2)12-5-7/h3-5H,1-2H3,(H,10,13). The first-order valence-corrected chi connectivity index (χ1v) is 5.40. The molecule has 4 nitrogen and oxygen atoms in total. The van der Waals surface area contributed by atoms with E-state index in [1.165, 1.54) is 11.8 Å². The van der Waals surface area contributed by atoms with Crippen LogP contribution in [0.2, 0.25) is 0 Å². The van der Waals surface area contributed by atoms with Crippen LogP contribution in [0.5, 0.6) is 0 Å². The van der Waals surface area contributed by atoms with Crippen LogP contribution < -0.4 is 0 Å². The Morgan fingerprint density at radius 3 is 2.36 bits per heavy atom. The zero-order valence-corrected chi connectivity index (χ0v) is 8.80. The first kappa shape index (κ1) is 9.21. The van der Waals surface area contributed by atoms with Gasteiger partial charge in [-0.15, -0.1) is 0 Å². The molecule has 0 saturated carbocycles. The molecule has 0 aliphatic carbocycles. The maximum Gasteiger partial charge on any atom is 0.187 e. The Kier molecular flexibility index (Phi) is 2.49. The molecule has 72 valence electrons. The first-order valence-electron chi connectivity index (χ1n) is 4.17. The molecule has 2 aromatic heterocycles. The molecule has 2 heterocycles. The lowest BCUT2D eigenvalue weighted by Crippen LogP contribution is -1.88. The Labute approximate surface area is 86.2 Å². The maximum absolute atomic E-state index is 4.20. The van der Waals surface area contributed by atoms with E-state index in [4.69, 9.17) is 0 Å². The number of nitrogens with zero attached hydrogens (tertiary/aromatic N) is 3. The molecule has 0 atom stereocenters. The molecule has 0 spiro atoms. The molecule has 0 aliphatic heterocycles. The van der Waals surface area contributed by atoms with Gasteiger partial charge in [0.25, 0.3) is 0 Å². The average Bonchev–Trinajstić information content (AvgIpc) is 2.65. The third-order valence-corrected chi connectivity index (χ3v) is 2.36. The van der Waals surface area contributed by atoms with E-state index < -0.39 is 0 Å². The minimum Gasteiger partial charge on any atom is -0.342 e. The van der Waals surface area contributed by atoms with E-state index in [0.29, 0.717) is 0 Å². The van der Waals surface area contributed by atoms with Crippen molar-refractivity contribution in [2.24, 2.45) is 0 Å². The highest BCUT2D eigenvalue weighted by Gasteiger charge is 2.02. The molecule has 0 bridgehead atoms. The molecule has 0 unspecified atom stereocenters. The van der Waals surface area contributed by atoms with E-state index in [2.05, 4.69) is 19.9 Å². The van der Waals surface area contributed by atoms with Crippen molar-refractivity contribution in [3.63, 3.8) is 0 Å². The Bertz CT molecular complexity index is 421. The van der Waals surface area contributed by atoms with Crippen molar-refractivity contribution in [1.29, 1.82) is 0 Å². The molecule has 2 rings (SSSR count). The van der Waals surface area contributed by atoms with Crippen LogP contribution in [0.15, 0.2) is 23.7 Å². The van der Waals surface area contributed by atoms with E-state index in [0.717, 1.165) is 22.2 Å². The highest BCUT2D eigenvalue weighted by Crippen LogP contribution is 2.15. The van der Waals surface area contributed by atoms with E-state index in [9.17, 15) is 0 Å². The average molecular weight is 206 g/mol. The van der Waals surface area contributed by atoms with Crippen LogP contribution in [0.4, 0.5) is 0 Å². The largest absolute Gasteiger partial charge is 0.342 e. The van der Waals surface area contributed by atoms with Crippen LogP contribution in [0.3, 0.4) is 0 Å². The van der Waals surface area contributed by atoms with Gasteiger partial charge in [0, 0.05) is 24.3 Å². The van der Waals surface area contributed by atoms with Crippen LogP contribution in [0.1, 0.15) is 5.69 Å². The van der Waals surface area contributed by atoms with Crippen LogP contribution in [0.25, 0.3) is 11.4 Å². The predicted octanol–water partition coefficient (Wildman–Crippen LogP) is 1.90. The van der Waals surface area contributed by atoms with Gasteiger partial charge >= 0.3 is 0 Å². The number of hydrogen-bond donors (Lipinski definition) is 1. The molecule has 1 N–H and O–H groups in total. The second kappa shape index (κ2) is 3.79. The van der Waals surface area contributed by atoms with Gasteiger partial charge in [-0.1, -0.05) is 11.8 Å². The summed E-state index contributed by atoms with van der Waals surface area (Å²) >= 11 is 1.53. The maximum atomic E-state index is 4.20. The fraction of sp³-hybridized carbons (Fsp3) is 0.222. The van der Waals surface area contributed by atoms with Crippen molar-refractivity contribution >= 4 is 11.8 Å². The summed E-state index contributed by atoms with van der Waals surface area (Å²) in [5.41, 5.74) is 1.95. The molecule has 14 heavy (non-hydrogen) atoms. The third-order valence-electron chi connectivity index (χ3n) is 1.79. The van der Waals surface area contributed by atoms with Gasteiger partial charge in [-0.2, -0.15) is 0 Å². The highest BCUT2D eigenvalue weighted by atomic mass is 32.2. The molecule has 0 radical (unpaired) electrons. The summed E-state index contributed by atoms with van der Waals surface area (Å²) < 4.78 is 0. The van der Waals surface area contributed by atoms with E-state index >= 15 is 0 Å². The minimum atomic E-state index is 0.775. The van der Waals surface area contributed by atoms with Crippen molar-refractivity contribution in [2.45, 2.75) is 12.1 Å². The van der Waals surface area contributed by atoms with Crippen LogP contribution >= 0.6 is 11.8 Å². The lowest BCUT2D eigenvalue weighted by atomic mass is 10.3. The second-order valence-corrected chi connectivity index (χ2v) is 3.65. The predicted molar refractivity (Wildman–Crippen MR) is 56.1 cm³/mol. The number of H-pyrrole nitrogens is 1. The molecule has 5 heteroatoms. The van der Waals surface area contributed by atoms with Gasteiger partial charge in [0.05, 0.1) is 5.56 Å². The number of aryl methyl sites for hydroxylation is 1. The number of imidazole rings is 1. The topological polar surface area (TPSA) is 54.5 Å². The number of aromatic amines is 1. The number of hydrogen-bond acceptors (Lipinski definition) is 4. The van der Waals surface area contributed by atoms with Gasteiger partial charge in [-0.05, 0) is 13.2 Å². The Morgan fingerprint density at radius 2 is 1.86 bits per heavy atom. The summed E-state index contributed by atoms with van der Waals surface area (Å²) in [5, 5.41) is 0.775. The number of thioether (sulfide) groups is 1. The van der Waals surface area contributed by atoms with Gasteiger partial charge in [0.2, 0.25) is 0 Å². The molecular formula is C9H10N4S. The molecule has 0 amide bonds. The Balaban J connectivity index is 2.33. The summed E-state index contributed by atoms with van der Waals surface area (Å²) in [4.78, 5) is 15.7. The zero-order chi connectivity index (χ0) is 9.97. The fourth-order valence-corrected chi connectivity index (χ4v) is 1.42. The van der Waals surface area contributed by atoms with Gasteiger partial charge < -0.3 is 4.98 Å². The fourth-order valence-electron chi connectivity index (χ4n) is 1.10. The van der Waals surface area contributed by atoms with Crippen molar-refractivity contribution in [1.82, 2.24) is 19.9 Å². The molecule has 2 aromatic rings. The Hall–Kier alpha value is -1.36. The van der Waals surface area contributed by atoms with Gasteiger partial charge in [-0.3, -0.25) is 0 Å². The van der Waals surface area contributed by atoms with Crippen molar-refractivity contribution in [3.05, 3.63) is 24.3 Å². The number of rotatable bonds is 2. The second-order valence-electron chi connectivity index (χ2n) is 2.87. The lowest BCUT2D eigenvalue weighted by Gasteiger charge is -1.96. The van der Waals surface area contributed by atoms with Gasteiger partial charge in [0.1, 0.15) is 5.82 Å². The smallest absolute Gasteiger partial charge is 0.187 e. The molecular weight excluding hydrogens is 196 g/mol. The van der Waals surface area contributed by atoms with Crippen LogP contribution in [0, 0.1) is 6.92 Å². The molecule has 0 fully saturated rings. The van der Waals surface area contributed by atoms with Crippen molar-refractivity contribution in [3.8, 4) is 11.4 Å². The first-order chi connectivity index (χ1) is 6.79. The summed E-state index contributed by atoms with van der Waals surface area (Å²) in [6.07, 6.45) is 7.29. The van der Waals surface area contributed by atoms with Crippen LogP contribution in [-0.4, -0.2) is 26.2 Å². The van der Waals surface area contributed by atoms with E-state index in [1.54, 1.807) is 18.6 Å². The number of nitrogens with one attached hydrogen (secondary N) is 1. The number of aromatic nitrogens is 4. The summed E-state index contributed by atoms with van der Waals surface area (Å²) in [7, 11) is 0. The lowest BCUT2D eigenvalue weighted by molar-refractivity contribution is 0.968. The van der Waals surface area contributed by atoms with Gasteiger partial charge in [0.15, 0.2) is 5.16 Å². The molecule has 0 saturated heterocycles. The monoisotopic (exact) mass is 206 g/mol. The minimum absolute atomic E-state index is 0.775. The van der Waals surface area contributed by atoms with Gasteiger partial charge in [-0.25, -0.2) is 15.0 Å². The summed E-state index contributed by atoms with van der Waals surface area (Å²) in [6.45, 7) is 1.97.